The number of hydrogen-bond donors (Lipinski definition) is 4. The van der Waals surface area contributed by atoms with Gasteiger partial charge in [0.25, 0.3) is 11.8 Å². The van der Waals surface area contributed by atoms with Crippen molar-refractivity contribution in [1.82, 2.24) is 15.6 Å². The van der Waals surface area contributed by atoms with Crippen LogP contribution in [0.5, 0.6) is 0 Å². The van der Waals surface area contributed by atoms with Crippen molar-refractivity contribution in [3.05, 3.63) is 70.9 Å². The number of esters is 1. The van der Waals surface area contributed by atoms with Gasteiger partial charge in [0.1, 0.15) is 6.04 Å². The van der Waals surface area contributed by atoms with Crippen LogP contribution >= 0.6 is 11.6 Å². The van der Waals surface area contributed by atoms with Gasteiger partial charge in [-0.1, -0.05) is 41.9 Å². The Balaban J connectivity index is 1.83. The molecule has 1 heterocycles. The average molecular weight is 457 g/mol. The Hall–Kier alpha value is -3.85. The maximum absolute atomic E-state index is 12.9. The number of amides is 4. The first-order valence-electron chi connectivity index (χ1n) is 9.67. The second-order valence-corrected chi connectivity index (χ2v) is 7.41. The Morgan fingerprint density at radius 3 is 2.50 bits per heavy atom. The van der Waals surface area contributed by atoms with Gasteiger partial charge in [-0.15, -0.1) is 0 Å². The third-order valence-electron chi connectivity index (χ3n) is 4.72. The maximum atomic E-state index is 12.9. The smallest absolute Gasteiger partial charge is 0.329 e. The summed E-state index contributed by atoms with van der Waals surface area (Å²) >= 11 is 6.10. The lowest BCUT2D eigenvalue weighted by molar-refractivity contribution is -0.156. The van der Waals surface area contributed by atoms with E-state index < -0.39 is 36.0 Å². The molecule has 0 spiro atoms. The molecule has 2 aromatic carbocycles. The van der Waals surface area contributed by atoms with Gasteiger partial charge in [-0.3, -0.25) is 14.9 Å². The molecule has 9 nitrogen and oxygen atoms in total. The lowest BCUT2D eigenvalue weighted by Crippen LogP contribution is -2.47. The van der Waals surface area contributed by atoms with Gasteiger partial charge >= 0.3 is 12.0 Å². The van der Waals surface area contributed by atoms with E-state index in [0.29, 0.717) is 0 Å². The highest BCUT2D eigenvalue weighted by Gasteiger charge is 2.28. The number of primary amides is 1. The van der Waals surface area contributed by atoms with Crippen molar-refractivity contribution in [2.24, 2.45) is 5.73 Å². The monoisotopic (exact) mass is 456 g/mol. The van der Waals surface area contributed by atoms with Gasteiger partial charge in [0.15, 0.2) is 6.10 Å². The minimum Gasteiger partial charge on any atom is -0.451 e. The first kappa shape index (κ1) is 22.8. The van der Waals surface area contributed by atoms with Crippen molar-refractivity contribution in [3.63, 3.8) is 0 Å². The van der Waals surface area contributed by atoms with Gasteiger partial charge < -0.3 is 20.8 Å². The predicted octanol–water partition coefficient (Wildman–Crippen LogP) is 2.29. The van der Waals surface area contributed by atoms with Crippen LogP contribution in [0.4, 0.5) is 4.79 Å². The summed E-state index contributed by atoms with van der Waals surface area (Å²) in [4.78, 5) is 51.5. The number of rotatable bonds is 7. The van der Waals surface area contributed by atoms with Gasteiger partial charge in [0, 0.05) is 23.5 Å². The van der Waals surface area contributed by atoms with Crippen molar-refractivity contribution in [3.8, 4) is 0 Å². The Kier molecular flexibility index (Phi) is 7.11. The molecule has 1 aromatic heterocycles. The number of para-hydroxylation sites is 1. The number of hydrogen-bond acceptors (Lipinski definition) is 5. The molecule has 0 aliphatic rings. The summed E-state index contributed by atoms with van der Waals surface area (Å²) in [5.74, 6) is -2.32. The number of benzene rings is 2. The molecule has 3 rings (SSSR count). The summed E-state index contributed by atoms with van der Waals surface area (Å²) in [6, 6.07) is 11.7. The first-order chi connectivity index (χ1) is 15.3. The summed E-state index contributed by atoms with van der Waals surface area (Å²) in [5.41, 5.74) is 6.73. The number of H-pyrrole nitrogens is 1. The zero-order valence-corrected chi connectivity index (χ0v) is 17.8. The third kappa shape index (κ3) is 5.44. The van der Waals surface area contributed by atoms with Gasteiger partial charge in [-0.2, -0.15) is 0 Å². The zero-order valence-electron chi connectivity index (χ0n) is 17.1. The van der Waals surface area contributed by atoms with Crippen LogP contribution in [0.1, 0.15) is 22.8 Å². The maximum Gasteiger partial charge on any atom is 0.329 e. The van der Waals surface area contributed by atoms with Crippen LogP contribution < -0.4 is 16.4 Å². The molecule has 0 fully saturated rings. The standard InChI is InChI=1S/C22H21ClN4O5/c1-12(19(28)27-22(24)31)32-21(30)18(26-20(29)15-7-2-4-8-16(15)23)10-13-11-25-17-9-5-3-6-14(13)17/h2-9,11-12,18,25H,10H2,1H3,(H,26,29)(H3,24,27,28,31)/t12-,18+/m0/s1. The Bertz CT molecular complexity index is 1180. The second kappa shape index (κ2) is 9.97. The highest BCUT2D eigenvalue weighted by Crippen LogP contribution is 2.20. The van der Waals surface area contributed by atoms with Crippen LogP contribution in [0.15, 0.2) is 54.7 Å². The fourth-order valence-corrected chi connectivity index (χ4v) is 3.35. The summed E-state index contributed by atoms with van der Waals surface area (Å²) in [7, 11) is 0. The van der Waals surface area contributed by atoms with Crippen LogP contribution in [0.25, 0.3) is 10.9 Å². The van der Waals surface area contributed by atoms with Gasteiger partial charge in [-0.05, 0) is 30.7 Å². The number of fused-ring (bicyclic) bond motifs is 1. The number of urea groups is 1. The molecule has 5 N–H and O–H groups in total. The van der Waals surface area contributed by atoms with Crippen LogP contribution in [-0.4, -0.2) is 40.9 Å². The van der Waals surface area contributed by atoms with E-state index in [2.05, 4.69) is 10.3 Å². The Labute approximate surface area is 188 Å². The van der Waals surface area contributed by atoms with Crippen LogP contribution in [0.3, 0.4) is 0 Å². The number of nitrogens with one attached hydrogen (secondary N) is 3. The molecule has 0 saturated heterocycles. The summed E-state index contributed by atoms with van der Waals surface area (Å²) < 4.78 is 5.19. The topological polar surface area (TPSA) is 143 Å². The van der Waals surface area contributed by atoms with Crippen LogP contribution in [0.2, 0.25) is 5.02 Å². The number of carbonyl (C=O) groups excluding carboxylic acids is 4. The summed E-state index contributed by atoms with van der Waals surface area (Å²) in [6.07, 6.45) is 0.511. The molecule has 2 atom stereocenters. The van der Waals surface area contributed by atoms with E-state index in [1.54, 1.807) is 24.4 Å². The number of imide groups is 1. The van der Waals surface area contributed by atoms with E-state index in [0.717, 1.165) is 16.5 Å². The van der Waals surface area contributed by atoms with Crippen molar-refractivity contribution < 1.29 is 23.9 Å². The molecule has 32 heavy (non-hydrogen) atoms. The first-order valence-corrected chi connectivity index (χ1v) is 10.0. The molecule has 0 aliphatic heterocycles. The average Bonchev–Trinajstić information content (AvgIpc) is 3.15. The molecule has 4 amide bonds. The largest absolute Gasteiger partial charge is 0.451 e. The van der Waals surface area contributed by atoms with E-state index >= 15 is 0 Å². The Morgan fingerprint density at radius 2 is 1.78 bits per heavy atom. The number of nitrogens with two attached hydrogens (primary N) is 1. The molecule has 10 heteroatoms. The zero-order chi connectivity index (χ0) is 23.3. The minimum absolute atomic E-state index is 0.0865. The van der Waals surface area contributed by atoms with E-state index in [1.807, 2.05) is 29.6 Å². The quantitative estimate of drug-likeness (QED) is 0.403. The molecule has 0 saturated carbocycles. The van der Waals surface area contributed by atoms with Crippen molar-refractivity contribution in [2.75, 3.05) is 0 Å². The van der Waals surface area contributed by atoms with E-state index in [1.165, 1.54) is 13.0 Å². The van der Waals surface area contributed by atoms with Crippen LogP contribution in [-0.2, 0) is 20.7 Å². The van der Waals surface area contributed by atoms with Gasteiger partial charge in [0.05, 0.1) is 10.6 Å². The summed E-state index contributed by atoms with van der Waals surface area (Å²) in [5, 5.41) is 5.56. The van der Waals surface area contributed by atoms with E-state index in [9.17, 15) is 19.2 Å². The molecule has 166 valence electrons. The highest BCUT2D eigenvalue weighted by atomic mass is 35.5. The van der Waals surface area contributed by atoms with Gasteiger partial charge in [-0.25, -0.2) is 9.59 Å². The van der Waals surface area contributed by atoms with Crippen molar-refractivity contribution in [1.29, 1.82) is 0 Å². The fourth-order valence-electron chi connectivity index (χ4n) is 3.13. The number of aromatic nitrogens is 1. The number of carbonyl (C=O) groups is 4. The number of ether oxygens (including phenoxy) is 1. The lowest BCUT2D eigenvalue weighted by atomic mass is 10.0. The van der Waals surface area contributed by atoms with E-state index in [-0.39, 0.29) is 17.0 Å². The third-order valence-corrected chi connectivity index (χ3v) is 5.05. The highest BCUT2D eigenvalue weighted by molar-refractivity contribution is 6.33. The van der Waals surface area contributed by atoms with Crippen molar-refractivity contribution >= 4 is 46.3 Å². The fraction of sp³-hybridized carbons (Fsp3) is 0.182. The number of halogens is 1. The normalized spacial score (nSPS) is 12.6. The second-order valence-electron chi connectivity index (χ2n) is 7.00. The molecule has 0 bridgehead atoms. The SMILES string of the molecule is C[C@H](OC(=O)[C@@H](Cc1c[nH]c2ccccc12)NC(=O)c1ccccc1Cl)C(=O)NC(N)=O. The van der Waals surface area contributed by atoms with Gasteiger partial charge in [0.2, 0.25) is 0 Å². The molecule has 0 radical (unpaired) electrons. The molecule has 0 unspecified atom stereocenters. The number of aromatic amines is 1. The predicted molar refractivity (Wildman–Crippen MR) is 118 cm³/mol. The summed E-state index contributed by atoms with van der Waals surface area (Å²) in [6.45, 7) is 1.29. The van der Waals surface area contributed by atoms with Crippen molar-refractivity contribution in [2.45, 2.75) is 25.5 Å². The Morgan fingerprint density at radius 1 is 1.09 bits per heavy atom. The molecular weight excluding hydrogens is 436 g/mol. The lowest BCUT2D eigenvalue weighted by Gasteiger charge is -2.20. The molecule has 0 aliphatic carbocycles. The molecular formula is C22H21ClN4O5. The van der Waals surface area contributed by atoms with Crippen LogP contribution in [0, 0.1) is 0 Å². The van der Waals surface area contributed by atoms with E-state index in [4.69, 9.17) is 22.1 Å². The minimum atomic E-state index is -1.31. The molecule has 3 aromatic rings.